The van der Waals surface area contributed by atoms with Crippen LogP contribution >= 0.6 is 0 Å². The first-order valence-electron chi connectivity index (χ1n) is 16.3. The van der Waals surface area contributed by atoms with Gasteiger partial charge in [0.25, 0.3) is 8.32 Å². The molecule has 42 heavy (non-hydrogen) atoms. The number of aliphatic hydroxyl groups excluding tert-OH is 1. The number of rotatable bonds is 7. The minimum atomic E-state index is -2.79. The highest BCUT2D eigenvalue weighted by atomic mass is 28.4. The van der Waals surface area contributed by atoms with Gasteiger partial charge in [-0.2, -0.15) is 0 Å². The molecular formula is C36H58O4Si2. The number of carbonyl (C=O) groups excluding carboxylic acids is 1. The van der Waals surface area contributed by atoms with Gasteiger partial charge in [-0.15, -0.1) is 0 Å². The molecule has 0 spiro atoms. The second kappa shape index (κ2) is 14.5. The Balaban J connectivity index is 0.000000715. The van der Waals surface area contributed by atoms with E-state index in [1.165, 1.54) is 48.9 Å². The van der Waals surface area contributed by atoms with E-state index in [1.54, 1.807) is 6.92 Å². The van der Waals surface area contributed by atoms with Crippen LogP contribution in [0.5, 0.6) is 0 Å². The molecule has 2 aliphatic rings. The van der Waals surface area contributed by atoms with Crippen molar-refractivity contribution in [3.8, 4) is 0 Å². The van der Waals surface area contributed by atoms with Gasteiger partial charge in [-0.25, -0.2) is 0 Å². The van der Waals surface area contributed by atoms with Gasteiger partial charge in [-0.05, 0) is 46.9 Å². The summed E-state index contributed by atoms with van der Waals surface area (Å²) in [7, 11) is -4.98. The third-order valence-electron chi connectivity index (χ3n) is 9.76. The molecule has 234 valence electrons. The summed E-state index contributed by atoms with van der Waals surface area (Å²) in [5, 5.41) is 12.9. The fourth-order valence-electron chi connectivity index (χ4n) is 6.26. The van der Waals surface area contributed by atoms with Crippen molar-refractivity contribution < 1.29 is 18.8 Å². The van der Waals surface area contributed by atoms with Gasteiger partial charge < -0.3 is 14.0 Å². The highest BCUT2D eigenvalue weighted by Gasteiger charge is 2.54. The zero-order chi connectivity index (χ0) is 31.2. The molecule has 2 fully saturated rings. The molecule has 0 radical (unpaired) electrons. The SMILES string of the molecule is C1CCCCC1.CC(O)C1CC(O[Si](c2ccccc2)(c2ccccc2)C(C)(C)C)CC(O[Si](C)(C)C(C)(C)C)C1=O. The van der Waals surface area contributed by atoms with Gasteiger partial charge in [0, 0.05) is 18.4 Å². The third-order valence-corrected chi connectivity index (χ3v) is 19.3. The molecule has 6 heteroatoms. The van der Waals surface area contributed by atoms with Crippen LogP contribution in [0.3, 0.4) is 0 Å². The van der Waals surface area contributed by atoms with Crippen LogP contribution in [-0.2, 0) is 13.6 Å². The van der Waals surface area contributed by atoms with Gasteiger partial charge in [0.2, 0.25) is 0 Å². The van der Waals surface area contributed by atoms with E-state index in [4.69, 9.17) is 8.85 Å². The van der Waals surface area contributed by atoms with Crippen molar-refractivity contribution in [3.05, 3.63) is 60.7 Å². The van der Waals surface area contributed by atoms with Gasteiger partial charge in [0.15, 0.2) is 14.1 Å². The number of carbonyl (C=O) groups is 1. The molecule has 1 N–H and O–H groups in total. The number of Topliss-reactive ketones (excluding diaryl/α,β-unsaturated/α-hetero) is 1. The van der Waals surface area contributed by atoms with Crippen molar-refractivity contribution in [1.82, 2.24) is 0 Å². The first-order chi connectivity index (χ1) is 19.6. The Kier molecular flexibility index (Phi) is 12.0. The van der Waals surface area contributed by atoms with E-state index >= 15 is 0 Å². The lowest BCUT2D eigenvalue weighted by atomic mass is 9.81. The summed E-state index contributed by atoms with van der Waals surface area (Å²) in [5.41, 5.74) is 0. The summed E-state index contributed by atoms with van der Waals surface area (Å²) in [6, 6.07) is 21.2. The predicted octanol–water partition coefficient (Wildman–Crippen LogP) is 8.02. The Morgan fingerprint density at radius 1 is 0.714 bits per heavy atom. The molecule has 4 rings (SSSR count). The van der Waals surface area contributed by atoms with Crippen molar-refractivity contribution >= 4 is 32.8 Å². The van der Waals surface area contributed by atoms with Gasteiger partial charge in [-0.3, -0.25) is 4.79 Å². The average molecular weight is 611 g/mol. The molecule has 4 nitrogen and oxygen atoms in total. The van der Waals surface area contributed by atoms with E-state index in [0.717, 1.165) is 0 Å². The van der Waals surface area contributed by atoms with Crippen molar-refractivity contribution in [2.45, 2.75) is 141 Å². The lowest BCUT2D eigenvalue weighted by Gasteiger charge is -2.48. The minimum Gasteiger partial charge on any atom is -0.407 e. The first-order valence-corrected chi connectivity index (χ1v) is 21.1. The normalized spacial score (nSPS) is 23.1. The largest absolute Gasteiger partial charge is 0.407 e. The van der Waals surface area contributed by atoms with Crippen molar-refractivity contribution in [3.63, 3.8) is 0 Å². The van der Waals surface area contributed by atoms with Crippen molar-refractivity contribution in [2.24, 2.45) is 5.92 Å². The second-order valence-corrected chi connectivity index (χ2v) is 24.1. The third kappa shape index (κ3) is 8.32. The molecule has 0 heterocycles. The van der Waals surface area contributed by atoms with Crippen LogP contribution in [0.1, 0.15) is 99.8 Å². The van der Waals surface area contributed by atoms with Crippen LogP contribution in [0, 0.1) is 5.92 Å². The van der Waals surface area contributed by atoms with Crippen LogP contribution in [0.25, 0.3) is 0 Å². The molecule has 4 atom stereocenters. The number of ketones is 1. The summed E-state index contributed by atoms with van der Waals surface area (Å²) in [5.74, 6) is -0.464. The highest BCUT2D eigenvalue weighted by Crippen LogP contribution is 2.42. The van der Waals surface area contributed by atoms with Gasteiger partial charge in [0.1, 0.15) is 6.10 Å². The van der Waals surface area contributed by atoms with E-state index in [1.807, 2.05) is 12.1 Å². The molecule has 4 unspecified atom stereocenters. The lowest BCUT2D eigenvalue weighted by molar-refractivity contribution is -0.141. The summed E-state index contributed by atoms with van der Waals surface area (Å²) < 4.78 is 14.1. The first kappa shape index (κ1) is 34.9. The Labute approximate surface area is 258 Å². The van der Waals surface area contributed by atoms with Crippen LogP contribution in [0.15, 0.2) is 60.7 Å². The van der Waals surface area contributed by atoms with Crippen LogP contribution in [0.4, 0.5) is 0 Å². The summed E-state index contributed by atoms with van der Waals surface area (Å²) in [6.45, 7) is 19.5. The lowest BCUT2D eigenvalue weighted by Crippen LogP contribution is -2.68. The molecule has 2 aromatic rings. The fourth-order valence-corrected chi connectivity index (χ4v) is 12.2. The van der Waals surface area contributed by atoms with Gasteiger partial charge in [-0.1, -0.05) is 141 Å². The average Bonchev–Trinajstić information content (AvgIpc) is 2.94. The van der Waals surface area contributed by atoms with E-state index in [-0.39, 0.29) is 22.0 Å². The Morgan fingerprint density at radius 3 is 1.50 bits per heavy atom. The summed E-state index contributed by atoms with van der Waals surface area (Å²) >= 11 is 0. The maximum atomic E-state index is 13.5. The minimum absolute atomic E-state index is 0.0145. The molecule has 2 aliphatic carbocycles. The Morgan fingerprint density at radius 2 is 1.14 bits per heavy atom. The van der Waals surface area contributed by atoms with E-state index in [9.17, 15) is 9.90 Å². The number of aliphatic hydroxyl groups is 1. The monoisotopic (exact) mass is 610 g/mol. The smallest absolute Gasteiger partial charge is 0.261 e. The van der Waals surface area contributed by atoms with E-state index in [0.29, 0.717) is 12.8 Å². The molecular weight excluding hydrogens is 553 g/mol. The predicted molar refractivity (Wildman–Crippen MR) is 182 cm³/mol. The summed E-state index contributed by atoms with van der Waals surface area (Å²) in [4.78, 5) is 13.5. The highest BCUT2D eigenvalue weighted by molar-refractivity contribution is 6.99. The zero-order valence-corrected chi connectivity index (χ0v) is 29.9. The maximum Gasteiger partial charge on any atom is 0.261 e. The molecule has 0 aliphatic heterocycles. The van der Waals surface area contributed by atoms with Crippen LogP contribution < -0.4 is 10.4 Å². The molecule has 2 saturated carbocycles. The quantitative estimate of drug-likeness (QED) is 0.323. The number of benzene rings is 2. The fraction of sp³-hybridized carbons (Fsp3) is 0.639. The topological polar surface area (TPSA) is 55.8 Å². The molecule has 0 amide bonds. The van der Waals surface area contributed by atoms with Crippen molar-refractivity contribution in [2.75, 3.05) is 0 Å². The number of hydrogen-bond acceptors (Lipinski definition) is 4. The zero-order valence-electron chi connectivity index (χ0n) is 27.9. The summed E-state index contributed by atoms with van der Waals surface area (Å²) in [6.07, 6.45) is 8.55. The van der Waals surface area contributed by atoms with E-state index in [2.05, 4.69) is 103 Å². The standard InChI is InChI=1S/C30H46O4Si2.C6H12/c1-22(31)26-20-23(21-27(28(26)32)34-35(8,9)29(2,3)4)33-36(30(5,6)7,24-16-12-10-13-17-24)25-18-14-11-15-19-25;1-2-4-6-5-3-1/h10-19,22-23,26-27,31H,20-21H2,1-9H3;1-6H2. The van der Waals surface area contributed by atoms with Crippen LogP contribution in [0.2, 0.25) is 23.2 Å². The molecule has 0 saturated heterocycles. The molecule has 0 bridgehead atoms. The number of hydrogen-bond donors (Lipinski definition) is 1. The van der Waals surface area contributed by atoms with E-state index < -0.39 is 34.8 Å². The van der Waals surface area contributed by atoms with Crippen molar-refractivity contribution in [1.29, 1.82) is 0 Å². The Hall–Kier alpha value is -1.58. The van der Waals surface area contributed by atoms with Gasteiger partial charge >= 0.3 is 0 Å². The molecule has 0 aromatic heterocycles. The second-order valence-electron chi connectivity index (χ2n) is 15.1. The van der Waals surface area contributed by atoms with Gasteiger partial charge in [0.05, 0.1) is 6.10 Å². The Bertz CT molecular complexity index is 1050. The van der Waals surface area contributed by atoms with Crippen LogP contribution in [-0.4, -0.2) is 45.8 Å². The maximum absolute atomic E-state index is 13.5. The molecule has 2 aromatic carbocycles.